The van der Waals surface area contributed by atoms with Gasteiger partial charge in [-0.2, -0.15) is 5.21 Å². The number of halogens is 2. The lowest BCUT2D eigenvalue weighted by atomic mass is 10.1. The maximum Gasteiger partial charge on any atom is 0.204 e. The molecule has 1 heterocycles. The van der Waals surface area contributed by atoms with Crippen molar-refractivity contribution in [2.45, 2.75) is 17.6 Å². The summed E-state index contributed by atoms with van der Waals surface area (Å²) < 4.78 is 25.4. The van der Waals surface area contributed by atoms with Crippen LogP contribution in [0.1, 0.15) is 11.1 Å². The third-order valence-corrected chi connectivity index (χ3v) is 5.99. The number of aromatic nitrogens is 4. The normalized spacial score (nSPS) is 11.6. The zero-order valence-electron chi connectivity index (χ0n) is 12.5. The number of aryl methyl sites for hydroxylation is 1. The van der Waals surface area contributed by atoms with Gasteiger partial charge in [0.25, 0.3) is 0 Å². The fraction of sp³-hybridized carbons (Fsp3) is 0.133. The van der Waals surface area contributed by atoms with Crippen molar-refractivity contribution in [2.24, 2.45) is 0 Å². The van der Waals surface area contributed by atoms with Crippen LogP contribution in [-0.2, 0) is 15.6 Å². The topological polar surface area (TPSA) is 88.6 Å². The Morgan fingerprint density at radius 3 is 2.62 bits per heavy atom. The maximum atomic E-state index is 12.7. The van der Waals surface area contributed by atoms with E-state index < -0.39 is 9.84 Å². The van der Waals surface area contributed by atoms with Crippen LogP contribution < -0.4 is 0 Å². The Morgan fingerprint density at radius 1 is 1.12 bits per heavy atom. The molecule has 1 N–H and O–H groups in total. The smallest absolute Gasteiger partial charge is 0.204 e. The van der Waals surface area contributed by atoms with Crippen molar-refractivity contribution in [3.05, 3.63) is 57.6 Å². The van der Waals surface area contributed by atoms with Gasteiger partial charge in [0.2, 0.25) is 5.82 Å². The van der Waals surface area contributed by atoms with Gasteiger partial charge in [-0.3, -0.25) is 0 Å². The minimum atomic E-state index is -3.62. The van der Waals surface area contributed by atoms with Crippen molar-refractivity contribution in [3.8, 4) is 11.4 Å². The SMILES string of the molecule is Cc1cc(S(=O)(=O)Cc2cccc(-c3nn[nH]n3)c2)c(Cl)cc1Cl. The molecule has 0 bridgehead atoms. The van der Waals surface area contributed by atoms with Crippen LogP contribution in [0.2, 0.25) is 10.0 Å². The Bertz CT molecular complexity index is 989. The number of nitrogens with one attached hydrogen (secondary N) is 1. The van der Waals surface area contributed by atoms with E-state index in [9.17, 15) is 8.42 Å². The first-order valence-electron chi connectivity index (χ1n) is 6.88. The largest absolute Gasteiger partial charge is 0.223 e. The van der Waals surface area contributed by atoms with Gasteiger partial charge in [0.15, 0.2) is 9.84 Å². The van der Waals surface area contributed by atoms with Crippen molar-refractivity contribution >= 4 is 33.0 Å². The molecule has 0 amide bonds. The van der Waals surface area contributed by atoms with E-state index in [0.29, 0.717) is 27.5 Å². The Morgan fingerprint density at radius 2 is 1.92 bits per heavy atom. The molecule has 24 heavy (non-hydrogen) atoms. The molecule has 0 saturated heterocycles. The zero-order chi connectivity index (χ0) is 17.3. The fourth-order valence-corrected chi connectivity index (χ4v) is 4.47. The van der Waals surface area contributed by atoms with E-state index in [4.69, 9.17) is 23.2 Å². The van der Waals surface area contributed by atoms with E-state index in [1.54, 1.807) is 31.2 Å². The van der Waals surface area contributed by atoms with Crippen LogP contribution in [0, 0.1) is 6.92 Å². The summed E-state index contributed by atoms with van der Waals surface area (Å²) in [5.74, 6) is 0.203. The summed E-state index contributed by atoms with van der Waals surface area (Å²) in [4.78, 5) is 0.0658. The molecule has 0 aliphatic heterocycles. The Kier molecular flexibility index (Phi) is 4.58. The minimum Gasteiger partial charge on any atom is -0.223 e. The van der Waals surface area contributed by atoms with Gasteiger partial charge >= 0.3 is 0 Å². The highest BCUT2D eigenvalue weighted by Crippen LogP contribution is 2.30. The van der Waals surface area contributed by atoms with Gasteiger partial charge in [0.1, 0.15) is 0 Å². The van der Waals surface area contributed by atoms with Gasteiger partial charge < -0.3 is 0 Å². The minimum absolute atomic E-state index is 0.0658. The van der Waals surface area contributed by atoms with Gasteiger partial charge in [0, 0.05) is 10.6 Å². The quantitative estimate of drug-likeness (QED) is 0.746. The van der Waals surface area contributed by atoms with Gasteiger partial charge in [-0.05, 0) is 41.5 Å². The number of rotatable bonds is 4. The van der Waals surface area contributed by atoms with Crippen LogP contribution in [0.25, 0.3) is 11.4 Å². The van der Waals surface area contributed by atoms with E-state index in [2.05, 4.69) is 20.6 Å². The summed E-state index contributed by atoms with van der Waals surface area (Å²) in [7, 11) is -3.62. The second kappa shape index (κ2) is 6.51. The molecular formula is C15H12Cl2N4O2S. The van der Waals surface area contributed by atoms with Crippen LogP contribution >= 0.6 is 23.2 Å². The molecule has 3 rings (SSSR count). The Balaban J connectivity index is 1.96. The van der Waals surface area contributed by atoms with Crippen LogP contribution in [0.5, 0.6) is 0 Å². The Labute approximate surface area is 148 Å². The van der Waals surface area contributed by atoms with E-state index in [1.165, 1.54) is 12.1 Å². The lowest BCUT2D eigenvalue weighted by Crippen LogP contribution is -2.06. The lowest BCUT2D eigenvalue weighted by Gasteiger charge is -2.09. The van der Waals surface area contributed by atoms with Gasteiger partial charge in [0.05, 0.1) is 15.7 Å². The number of tetrazole rings is 1. The number of hydrogen-bond donors (Lipinski definition) is 1. The monoisotopic (exact) mass is 382 g/mol. The zero-order valence-corrected chi connectivity index (χ0v) is 14.8. The molecule has 1 aromatic heterocycles. The fourth-order valence-electron chi connectivity index (χ4n) is 2.25. The first kappa shape index (κ1) is 16.9. The molecule has 0 radical (unpaired) electrons. The lowest BCUT2D eigenvalue weighted by molar-refractivity contribution is 0.595. The molecule has 0 aliphatic carbocycles. The van der Waals surface area contributed by atoms with E-state index in [1.807, 2.05) is 0 Å². The van der Waals surface area contributed by atoms with Crippen LogP contribution in [-0.4, -0.2) is 29.0 Å². The van der Waals surface area contributed by atoms with Crippen molar-refractivity contribution in [3.63, 3.8) is 0 Å². The summed E-state index contributed by atoms with van der Waals surface area (Å²) in [5.41, 5.74) is 1.93. The van der Waals surface area contributed by atoms with Crippen LogP contribution in [0.4, 0.5) is 0 Å². The molecular weight excluding hydrogens is 371 g/mol. The molecule has 0 fully saturated rings. The highest BCUT2D eigenvalue weighted by atomic mass is 35.5. The first-order valence-corrected chi connectivity index (χ1v) is 9.29. The number of aromatic amines is 1. The molecule has 124 valence electrons. The number of hydrogen-bond acceptors (Lipinski definition) is 5. The summed E-state index contributed by atoms with van der Waals surface area (Å²) >= 11 is 12.0. The van der Waals surface area contributed by atoms with Crippen LogP contribution in [0.15, 0.2) is 41.3 Å². The summed E-state index contributed by atoms with van der Waals surface area (Å²) in [6, 6.07) is 9.88. The standard InChI is InChI=1S/C15H12Cl2N4O2S/c1-9-5-14(13(17)7-12(9)16)24(22,23)8-10-3-2-4-11(6-10)15-18-20-21-19-15/h2-7H,8H2,1H3,(H,18,19,20,21). The van der Waals surface area contributed by atoms with Crippen molar-refractivity contribution in [1.82, 2.24) is 20.6 Å². The van der Waals surface area contributed by atoms with Crippen molar-refractivity contribution in [2.75, 3.05) is 0 Å². The highest BCUT2D eigenvalue weighted by molar-refractivity contribution is 7.90. The van der Waals surface area contributed by atoms with E-state index in [0.717, 1.165) is 0 Å². The molecule has 0 atom stereocenters. The first-order chi connectivity index (χ1) is 11.4. The van der Waals surface area contributed by atoms with Gasteiger partial charge in [-0.15, -0.1) is 10.2 Å². The average molecular weight is 383 g/mol. The second-order valence-electron chi connectivity index (χ2n) is 5.23. The van der Waals surface area contributed by atoms with Crippen molar-refractivity contribution in [1.29, 1.82) is 0 Å². The molecule has 2 aromatic carbocycles. The highest BCUT2D eigenvalue weighted by Gasteiger charge is 2.20. The summed E-state index contributed by atoms with van der Waals surface area (Å²) in [5, 5.41) is 14.2. The van der Waals surface area contributed by atoms with E-state index in [-0.39, 0.29) is 15.7 Å². The third-order valence-electron chi connectivity index (χ3n) is 3.44. The summed E-state index contributed by atoms with van der Waals surface area (Å²) in [6.45, 7) is 1.73. The predicted molar refractivity (Wildman–Crippen MR) is 91.7 cm³/mol. The molecule has 9 heteroatoms. The second-order valence-corrected chi connectivity index (χ2v) is 8.00. The van der Waals surface area contributed by atoms with Crippen molar-refractivity contribution < 1.29 is 8.42 Å². The van der Waals surface area contributed by atoms with E-state index >= 15 is 0 Å². The Hall–Kier alpha value is -1.96. The van der Waals surface area contributed by atoms with Gasteiger partial charge in [-0.25, -0.2) is 8.42 Å². The van der Waals surface area contributed by atoms with Gasteiger partial charge in [-0.1, -0.05) is 41.4 Å². The predicted octanol–water partition coefficient (Wildman–Crippen LogP) is 3.46. The summed E-state index contributed by atoms with van der Waals surface area (Å²) in [6.07, 6.45) is 0. The number of sulfone groups is 1. The number of nitrogens with zero attached hydrogens (tertiary/aromatic N) is 3. The van der Waals surface area contributed by atoms with Crippen LogP contribution in [0.3, 0.4) is 0 Å². The average Bonchev–Trinajstić information content (AvgIpc) is 3.05. The molecule has 6 nitrogen and oxygen atoms in total. The third kappa shape index (κ3) is 3.43. The molecule has 0 aliphatic rings. The maximum absolute atomic E-state index is 12.7. The molecule has 0 unspecified atom stereocenters. The molecule has 0 saturated carbocycles. The molecule has 0 spiro atoms. The number of H-pyrrole nitrogens is 1. The molecule has 3 aromatic rings. The number of benzene rings is 2.